The maximum absolute atomic E-state index is 12.8. The highest BCUT2D eigenvalue weighted by Gasteiger charge is 2.49. The summed E-state index contributed by atoms with van der Waals surface area (Å²) in [6.07, 6.45) is 0. The van der Waals surface area contributed by atoms with Gasteiger partial charge in [0.1, 0.15) is 17.2 Å². The summed E-state index contributed by atoms with van der Waals surface area (Å²) in [4.78, 5) is 39.0. The Morgan fingerprint density at radius 3 is 2.04 bits per heavy atom. The van der Waals surface area contributed by atoms with Crippen molar-refractivity contribution in [3.8, 4) is 11.5 Å². The number of benzene rings is 2. The van der Waals surface area contributed by atoms with Crippen LogP contribution < -0.4 is 25.5 Å². The Hall–Kier alpha value is -3.88. The molecule has 1 heterocycles. The number of nitrogens with zero attached hydrogens (tertiary/aromatic N) is 2. The third kappa shape index (κ3) is 3.37. The van der Waals surface area contributed by atoms with E-state index in [0.717, 1.165) is 4.90 Å². The van der Waals surface area contributed by atoms with Gasteiger partial charge in [0.25, 0.3) is 11.8 Å². The molecule has 1 aliphatic rings. The first kappa shape index (κ1) is 18.9. The molecule has 1 saturated heterocycles. The van der Waals surface area contributed by atoms with Gasteiger partial charge in [0.05, 0.1) is 19.9 Å². The first-order valence-electron chi connectivity index (χ1n) is 8.25. The van der Waals surface area contributed by atoms with Crippen LogP contribution in [0.4, 0.5) is 11.4 Å². The lowest BCUT2D eigenvalue weighted by Crippen LogP contribution is -2.34. The van der Waals surface area contributed by atoms with E-state index in [1.165, 1.54) is 26.4 Å². The summed E-state index contributed by atoms with van der Waals surface area (Å²) in [5.41, 5.74) is 0.397. The van der Waals surface area contributed by atoms with Crippen molar-refractivity contribution in [2.75, 3.05) is 24.4 Å². The van der Waals surface area contributed by atoms with Crippen LogP contribution in [0.1, 0.15) is 0 Å². The van der Waals surface area contributed by atoms with Gasteiger partial charge in [0.2, 0.25) is 5.91 Å². The lowest BCUT2D eigenvalue weighted by molar-refractivity contribution is -0.127. The van der Waals surface area contributed by atoms with Crippen molar-refractivity contribution in [1.82, 2.24) is 0 Å². The molecule has 0 saturated carbocycles. The molecular weight excluding hydrogens is 364 g/mol. The number of methoxy groups -OCH3 is 2. The van der Waals surface area contributed by atoms with Gasteiger partial charge in [-0.25, -0.2) is 4.90 Å². The maximum atomic E-state index is 12.8. The monoisotopic (exact) mass is 382 g/mol. The van der Waals surface area contributed by atoms with E-state index in [1.54, 1.807) is 36.4 Å². The molecule has 2 aromatic rings. The largest absolute Gasteiger partial charge is 0.497 e. The first-order chi connectivity index (χ1) is 13.5. The minimum Gasteiger partial charge on any atom is -0.497 e. The van der Waals surface area contributed by atoms with Crippen LogP contribution in [-0.4, -0.2) is 37.7 Å². The van der Waals surface area contributed by atoms with Gasteiger partial charge in [0, 0.05) is 5.69 Å². The summed E-state index contributed by atoms with van der Waals surface area (Å²) in [5.74, 6) is 2.85. The number of carbonyl (C=O) groups excluding carboxylic acids is 3. The van der Waals surface area contributed by atoms with Gasteiger partial charge in [-0.3, -0.25) is 14.4 Å². The molecule has 0 radical (unpaired) electrons. The molecule has 3 N–H and O–H groups in total. The highest BCUT2D eigenvalue weighted by atomic mass is 16.5. The van der Waals surface area contributed by atoms with Crippen LogP contribution in [0.5, 0.6) is 11.5 Å². The Morgan fingerprint density at radius 1 is 1.00 bits per heavy atom. The van der Waals surface area contributed by atoms with Crippen LogP contribution in [0.25, 0.3) is 0 Å². The molecule has 144 valence electrons. The van der Waals surface area contributed by atoms with Crippen LogP contribution >= 0.6 is 0 Å². The molecule has 2 aromatic carbocycles. The molecule has 9 heteroatoms. The molecule has 1 aliphatic heterocycles. The lowest BCUT2D eigenvalue weighted by Gasteiger charge is -2.14. The van der Waals surface area contributed by atoms with E-state index in [0.29, 0.717) is 17.2 Å². The number of imide groups is 1. The smallest absolute Gasteiger partial charge is 0.282 e. The second-order valence-corrected chi connectivity index (χ2v) is 5.84. The fourth-order valence-electron chi connectivity index (χ4n) is 2.81. The van der Waals surface area contributed by atoms with Gasteiger partial charge in [0.15, 0.2) is 5.92 Å². The van der Waals surface area contributed by atoms with Gasteiger partial charge in [-0.15, -0.1) is 0 Å². The molecule has 0 aromatic heterocycles. The Morgan fingerprint density at radius 2 is 1.54 bits per heavy atom. The molecule has 9 nitrogen and oxygen atoms in total. The molecule has 0 spiro atoms. The number of nitrogens with one attached hydrogen (secondary N) is 1. The summed E-state index contributed by atoms with van der Waals surface area (Å²) >= 11 is 0. The summed E-state index contributed by atoms with van der Waals surface area (Å²) < 4.78 is 10.1. The predicted octanol–water partition coefficient (Wildman–Crippen LogP) is 1.15. The number of rotatable bonds is 5. The zero-order chi connectivity index (χ0) is 20.3. The topological polar surface area (TPSA) is 123 Å². The van der Waals surface area contributed by atoms with Crippen LogP contribution in [-0.2, 0) is 14.4 Å². The summed E-state index contributed by atoms with van der Waals surface area (Å²) in [7, 11) is 3.02. The zero-order valence-electron chi connectivity index (χ0n) is 15.2. The van der Waals surface area contributed by atoms with E-state index in [4.69, 9.17) is 15.3 Å². The number of carbonyl (C=O) groups is 3. The molecule has 0 aliphatic carbocycles. The first-order valence-corrected chi connectivity index (χ1v) is 8.25. The molecule has 1 unspecified atom stereocenters. The number of nitrogens with two attached hydrogens (primary N) is 1. The predicted molar refractivity (Wildman–Crippen MR) is 102 cm³/mol. The van der Waals surface area contributed by atoms with E-state index in [1.807, 2.05) is 0 Å². The van der Waals surface area contributed by atoms with Gasteiger partial charge in [-0.1, -0.05) is 0 Å². The third-order valence-electron chi connectivity index (χ3n) is 4.25. The standard InChI is InChI=1S/C19H18N4O5/c1-27-13-7-3-11(4-8-13)21-17(24)15-16(22-20)19(26)23(18(15)25)12-5-9-14(28-2)10-6-12/h3-10,15H,20H2,1-2H3,(H,21,24)/b22-16-. The maximum Gasteiger partial charge on any atom is 0.282 e. The minimum atomic E-state index is -1.44. The second-order valence-electron chi connectivity index (χ2n) is 5.84. The van der Waals surface area contributed by atoms with E-state index in [-0.39, 0.29) is 11.4 Å². The second kappa shape index (κ2) is 7.78. The molecule has 28 heavy (non-hydrogen) atoms. The van der Waals surface area contributed by atoms with Crippen molar-refractivity contribution in [2.24, 2.45) is 16.9 Å². The Bertz CT molecular complexity index is 938. The minimum absolute atomic E-state index is 0.289. The van der Waals surface area contributed by atoms with Gasteiger partial charge in [-0.05, 0) is 48.5 Å². The molecule has 3 rings (SSSR count). The number of hydrazone groups is 1. The Kier molecular flexibility index (Phi) is 5.25. The van der Waals surface area contributed by atoms with Gasteiger partial charge in [-0.2, -0.15) is 5.10 Å². The van der Waals surface area contributed by atoms with Gasteiger partial charge < -0.3 is 20.6 Å². The van der Waals surface area contributed by atoms with E-state index < -0.39 is 23.6 Å². The third-order valence-corrected chi connectivity index (χ3v) is 4.25. The molecule has 1 fully saturated rings. The van der Waals surface area contributed by atoms with Crippen molar-refractivity contribution < 1.29 is 23.9 Å². The number of hydrogen-bond acceptors (Lipinski definition) is 7. The average molecular weight is 382 g/mol. The fraction of sp³-hybridized carbons (Fsp3) is 0.158. The average Bonchev–Trinajstić information content (AvgIpc) is 2.98. The van der Waals surface area contributed by atoms with Crippen molar-refractivity contribution in [3.63, 3.8) is 0 Å². The van der Waals surface area contributed by atoms with Crippen molar-refractivity contribution in [1.29, 1.82) is 0 Å². The number of amides is 3. The van der Waals surface area contributed by atoms with Crippen LogP contribution in [0.3, 0.4) is 0 Å². The Labute approximate surface area is 160 Å². The van der Waals surface area contributed by atoms with E-state index in [2.05, 4.69) is 10.4 Å². The highest BCUT2D eigenvalue weighted by Crippen LogP contribution is 2.28. The quantitative estimate of drug-likeness (QED) is 0.346. The molecule has 3 amide bonds. The molecular formula is C19H18N4O5. The summed E-state index contributed by atoms with van der Waals surface area (Å²) in [5, 5.41) is 5.99. The highest BCUT2D eigenvalue weighted by molar-refractivity contribution is 6.61. The van der Waals surface area contributed by atoms with Crippen LogP contribution in [0, 0.1) is 5.92 Å². The molecule has 1 atom stereocenters. The number of ether oxygens (including phenoxy) is 2. The number of hydrogen-bond donors (Lipinski definition) is 2. The van der Waals surface area contributed by atoms with Crippen LogP contribution in [0.2, 0.25) is 0 Å². The fourth-order valence-corrected chi connectivity index (χ4v) is 2.81. The van der Waals surface area contributed by atoms with Crippen molar-refractivity contribution in [2.45, 2.75) is 0 Å². The Balaban J connectivity index is 1.86. The summed E-state index contributed by atoms with van der Waals surface area (Å²) in [6.45, 7) is 0. The zero-order valence-corrected chi connectivity index (χ0v) is 15.2. The van der Waals surface area contributed by atoms with Crippen molar-refractivity contribution >= 4 is 34.8 Å². The lowest BCUT2D eigenvalue weighted by atomic mass is 10.1. The summed E-state index contributed by atoms with van der Waals surface area (Å²) in [6, 6.07) is 12.8. The molecule has 0 bridgehead atoms. The number of anilines is 2. The van der Waals surface area contributed by atoms with E-state index in [9.17, 15) is 14.4 Å². The normalized spacial score (nSPS) is 17.7. The van der Waals surface area contributed by atoms with Gasteiger partial charge >= 0.3 is 0 Å². The SMILES string of the molecule is COc1ccc(NC(=O)C2C(=O)N(c3ccc(OC)cc3)C(=O)/C2=N\N)cc1. The van der Waals surface area contributed by atoms with Crippen LogP contribution in [0.15, 0.2) is 53.6 Å². The van der Waals surface area contributed by atoms with Crippen molar-refractivity contribution in [3.05, 3.63) is 48.5 Å². The van der Waals surface area contributed by atoms with E-state index >= 15 is 0 Å².